The molecule has 3 rings (SSSR count). The number of nitrogens with one attached hydrogen (secondary N) is 1. The second kappa shape index (κ2) is 6.70. The molecule has 1 heterocycles. The largest absolute Gasteiger partial charge is 0.497 e. The van der Waals surface area contributed by atoms with Gasteiger partial charge in [-0.3, -0.25) is 0 Å². The molecule has 1 N–H and O–H groups in total. The second-order valence-corrected chi connectivity index (χ2v) is 7.05. The van der Waals surface area contributed by atoms with E-state index in [1.165, 1.54) is 20.3 Å². The number of hydrogen-bond acceptors (Lipinski definition) is 5. The van der Waals surface area contributed by atoms with Gasteiger partial charge in [0.1, 0.15) is 22.1 Å². The highest BCUT2D eigenvalue weighted by atomic mass is 32.2. The van der Waals surface area contributed by atoms with Gasteiger partial charge in [-0.15, -0.1) is 0 Å². The second-order valence-electron chi connectivity index (χ2n) is 5.37. The van der Waals surface area contributed by atoms with E-state index in [1.54, 1.807) is 12.1 Å². The summed E-state index contributed by atoms with van der Waals surface area (Å²) in [6, 6.07) is 11.7. The highest BCUT2D eigenvalue weighted by Crippen LogP contribution is 2.34. The molecule has 7 heteroatoms. The molecule has 1 unspecified atom stereocenters. The average molecular weight is 349 g/mol. The minimum atomic E-state index is -3.76. The lowest BCUT2D eigenvalue weighted by atomic mass is 10.0. The van der Waals surface area contributed by atoms with Gasteiger partial charge >= 0.3 is 0 Å². The summed E-state index contributed by atoms with van der Waals surface area (Å²) in [5.41, 5.74) is 0.833. The Morgan fingerprint density at radius 3 is 2.67 bits per heavy atom. The zero-order chi connectivity index (χ0) is 17.2. The topological polar surface area (TPSA) is 73.9 Å². The summed E-state index contributed by atoms with van der Waals surface area (Å²) in [6.45, 7) is 0.462. The number of sulfonamides is 1. The SMILES string of the molecule is COc1ccc(S(=O)(=O)NC2CCOc3ccccc32)c(OC)c1. The van der Waals surface area contributed by atoms with Gasteiger partial charge in [0.25, 0.3) is 0 Å². The summed E-state index contributed by atoms with van der Waals surface area (Å²) in [5.74, 6) is 1.47. The molecule has 24 heavy (non-hydrogen) atoms. The molecule has 1 aliphatic heterocycles. The van der Waals surface area contributed by atoms with Crippen molar-refractivity contribution < 1.29 is 22.6 Å². The molecule has 0 amide bonds. The van der Waals surface area contributed by atoms with E-state index in [1.807, 2.05) is 24.3 Å². The number of para-hydroxylation sites is 1. The van der Waals surface area contributed by atoms with Crippen molar-refractivity contribution in [1.29, 1.82) is 0 Å². The molecular formula is C17H19NO5S. The number of rotatable bonds is 5. The predicted molar refractivity (Wildman–Crippen MR) is 89.2 cm³/mol. The summed E-state index contributed by atoms with van der Waals surface area (Å²) in [4.78, 5) is 0.0785. The third-order valence-corrected chi connectivity index (χ3v) is 5.43. The summed E-state index contributed by atoms with van der Waals surface area (Å²) < 4.78 is 44.3. The van der Waals surface area contributed by atoms with Gasteiger partial charge in [0.05, 0.1) is 26.9 Å². The van der Waals surface area contributed by atoms with Crippen molar-refractivity contribution >= 4 is 10.0 Å². The van der Waals surface area contributed by atoms with Crippen LogP contribution < -0.4 is 18.9 Å². The van der Waals surface area contributed by atoms with Crippen LogP contribution >= 0.6 is 0 Å². The zero-order valence-electron chi connectivity index (χ0n) is 13.5. The average Bonchev–Trinajstić information content (AvgIpc) is 2.61. The fraction of sp³-hybridized carbons (Fsp3) is 0.294. The van der Waals surface area contributed by atoms with Crippen LogP contribution in [0.15, 0.2) is 47.4 Å². The van der Waals surface area contributed by atoms with Crippen molar-refractivity contribution in [2.45, 2.75) is 17.4 Å². The molecule has 1 atom stereocenters. The van der Waals surface area contributed by atoms with Crippen LogP contribution in [-0.2, 0) is 10.0 Å². The third kappa shape index (κ3) is 3.18. The fourth-order valence-electron chi connectivity index (χ4n) is 2.71. The lowest BCUT2D eigenvalue weighted by Crippen LogP contribution is -2.32. The zero-order valence-corrected chi connectivity index (χ0v) is 14.3. The standard InChI is InChI=1S/C17H19NO5S/c1-21-12-7-8-17(16(11-12)22-2)24(19,20)18-14-9-10-23-15-6-4-3-5-13(14)15/h3-8,11,14,18H,9-10H2,1-2H3. The van der Waals surface area contributed by atoms with Crippen LogP contribution in [-0.4, -0.2) is 29.2 Å². The molecule has 2 aromatic rings. The molecule has 0 saturated carbocycles. The first kappa shape index (κ1) is 16.6. The highest BCUT2D eigenvalue weighted by molar-refractivity contribution is 7.89. The lowest BCUT2D eigenvalue weighted by molar-refractivity contribution is 0.263. The minimum Gasteiger partial charge on any atom is -0.497 e. The van der Waals surface area contributed by atoms with Crippen LogP contribution in [0.1, 0.15) is 18.0 Å². The van der Waals surface area contributed by atoms with Gasteiger partial charge in [0.15, 0.2) is 0 Å². The highest BCUT2D eigenvalue weighted by Gasteiger charge is 2.28. The Bertz CT molecular complexity index is 835. The van der Waals surface area contributed by atoms with Crippen molar-refractivity contribution in [2.75, 3.05) is 20.8 Å². The normalized spacial score (nSPS) is 16.8. The van der Waals surface area contributed by atoms with Crippen molar-refractivity contribution in [3.63, 3.8) is 0 Å². The number of hydrogen-bond donors (Lipinski definition) is 1. The Kier molecular flexibility index (Phi) is 4.64. The van der Waals surface area contributed by atoms with Gasteiger partial charge in [-0.25, -0.2) is 13.1 Å². The molecule has 0 bridgehead atoms. The van der Waals surface area contributed by atoms with Crippen molar-refractivity contribution in [3.8, 4) is 17.2 Å². The maximum Gasteiger partial charge on any atom is 0.244 e. The first-order chi connectivity index (χ1) is 11.5. The summed E-state index contributed by atoms with van der Waals surface area (Å²) in [7, 11) is -0.814. The Balaban J connectivity index is 1.93. The molecule has 0 radical (unpaired) electrons. The molecule has 0 spiro atoms. The van der Waals surface area contributed by atoms with Gasteiger partial charge in [-0.2, -0.15) is 0 Å². The number of benzene rings is 2. The van der Waals surface area contributed by atoms with E-state index in [0.29, 0.717) is 24.5 Å². The van der Waals surface area contributed by atoms with Crippen LogP contribution in [0.4, 0.5) is 0 Å². The van der Waals surface area contributed by atoms with Crippen LogP contribution in [0, 0.1) is 0 Å². The Hall–Kier alpha value is -2.25. The molecule has 0 saturated heterocycles. The molecule has 0 aliphatic carbocycles. The maximum atomic E-state index is 12.8. The number of methoxy groups -OCH3 is 2. The molecule has 1 aliphatic rings. The smallest absolute Gasteiger partial charge is 0.244 e. The van der Waals surface area contributed by atoms with Gasteiger partial charge in [0, 0.05) is 18.1 Å². The Morgan fingerprint density at radius 1 is 1.12 bits per heavy atom. The fourth-order valence-corrected chi connectivity index (χ4v) is 4.11. The molecule has 128 valence electrons. The van der Waals surface area contributed by atoms with E-state index in [4.69, 9.17) is 14.2 Å². The Labute approximate surface area is 141 Å². The van der Waals surface area contributed by atoms with Crippen molar-refractivity contribution in [2.24, 2.45) is 0 Å². The van der Waals surface area contributed by atoms with Crippen molar-refractivity contribution in [1.82, 2.24) is 4.72 Å². The van der Waals surface area contributed by atoms with E-state index in [2.05, 4.69) is 4.72 Å². The molecule has 2 aromatic carbocycles. The van der Waals surface area contributed by atoms with E-state index in [-0.39, 0.29) is 16.7 Å². The summed E-state index contributed by atoms with van der Waals surface area (Å²) in [6.07, 6.45) is 0.564. The van der Waals surface area contributed by atoms with Gasteiger partial charge in [-0.05, 0) is 18.2 Å². The molecule has 0 fully saturated rings. The summed E-state index contributed by atoms with van der Waals surface area (Å²) in [5, 5.41) is 0. The minimum absolute atomic E-state index is 0.0785. The monoisotopic (exact) mass is 349 g/mol. The van der Waals surface area contributed by atoms with Gasteiger partial charge in [-0.1, -0.05) is 18.2 Å². The van der Waals surface area contributed by atoms with Crippen LogP contribution in [0.5, 0.6) is 17.2 Å². The first-order valence-electron chi connectivity index (χ1n) is 7.51. The molecule has 6 nitrogen and oxygen atoms in total. The summed E-state index contributed by atoms with van der Waals surface area (Å²) >= 11 is 0. The van der Waals surface area contributed by atoms with Gasteiger partial charge in [0.2, 0.25) is 10.0 Å². The van der Waals surface area contributed by atoms with E-state index < -0.39 is 10.0 Å². The maximum absolute atomic E-state index is 12.8. The number of fused-ring (bicyclic) bond motifs is 1. The van der Waals surface area contributed by atoms with E-state index >= 15 is 0 Å². The van der Waals surface area contributed by atoms with E-state index in [9.17, 15) is 8.42 Å². The predicted octanol–water partition coefficient (Wildman–Crippen LogP) is 2.51. The van der Waals surface area contributed by atoms with Crippen molar-refractivity contribution in [3.05, 3.63) is 48.0 Å². The van der Waals surface area contributed by atoms with Crippen LogP contribution in [0.3, 0.4) is 0 Å². The third-order valence-electron chi connectivity index (χ3n) is 3.92. The molecule has 0 aromatic heterocycles. The number of ether oxygens (including phenoxy) is 3. The van der Waals surface area contributed by atoms with E-state index in [0.717, 1.165) is 5.56 Å². The molecular weight excluding hydrogens is 330 g/mol. The quantitative estimate of drug-likeness (QED) is 0.898. The lowest BCUT2D eigenvalue weighted by Gasteiger charge is -2.26. The Morgan fingerprint density at radius 2 is 1.92 bits per heavy atom. The van der Waals surface area contributed by atoms with Crippen LogP contribution in [0.2, 0.25) is 0 Å². The first-order valence-corrected chi connectivity index (χ1v) is 8.99. The van der Waals surface area contributed by atoms with Crippen LogP contribution in [0.25, 0.3) is 0 Å². The van der Waals surface area contributed by atoms with Gasteiger partial charge < -0.3 is 14.2 Å².